The smallest absolute Gasteiger partial charge is 0.118 e. The molecule has 0 unspecified atom stereocenters. The second-order valence-electron chi connectivity index (χ2n) is 3.27. The van der Waals surface area contributed by atoms with E-state index in [4.69, 9.17) is 9.84 Å². The maximum atomic E-state index is 8.86. The fourth-order valence-electron chi connectivity index (χ4n) is 0.963. The molecule has 1 aromatic rings. The number of hydrogen-bond donors (Lipinski definition) is 1. The van der Waals surface area contributed by atoms with Gasteiger partial charge in [-0.1, -0.05) is 6.92 Å². The average Bonchev–Trinajstić information content (AvgIpc) is 2.26. The lowest BCUT2D eigenvalue weighted by molar-refractivity contribution is 0.250. The van der Waals surface area contributed by atoms with E-state index in [-0.39, 0.29) is 6.61 Å². The molecule has 0 saturated carbocycles. The fraction of sp³-hybridized carbons (Fsp3) is 0.455. The average molecular weight is 212 g/mol. The number of methoxy groups -OCH3 is 1. The van der Waals surface area contributed by atoms with Crippen molar-refractivity contribution in [3.63, 3.8) is 0 Å². The summed E-state index contributed by atoms with van der Waals surface area (Å²) in [6.45, 7) is 2.29. The van der Waals surface area contributed by atoms with E-state index in [9.17, 15) is 0 Å². The van der Waals surface area contributed by atoms with Crippen molar-refractivity contribution in [2.75, 3.05) is 19.5 Å². The topological polar surface area (TPSA) is 29.5 Å². The molecule has 0 saturated heterocycles. The molecule has 14 heavy (non-hydrogen) atoms. The number of aliphatic hydroxyl groups is 1. The molecule has 0 aliphatic heterocycles. The number of ether oxygens (including phenoxy) is 1. The molecule has 1 atom stereocenters. The molecule has 0 aliphatic rings. The third-order valence-corrected chi connectivity index (χ3v) is 3.25. The zero-order chi connectivity index (χ0) is 10.4. The second kappa shape index (κ2) is 5.94. The van der Waals surface area contributed by atoms with Crippen LogP contribution >= 0.6 is 11.8 Å². The molecular weight excluding hydrogens is 196 g/mol. The third kappa shape index (κ3) is 3.60. The molecule has 0 bridgehead atoms. The van der Waals surface area contributed by atoms with Crippen LogP contribution in [-0.2, 0) is 0 Å². The van der Waals surface area contributed by atoms with E-state index in [0.717, 1.165) is 11.5 Å². The van der Waals surface area contributed by atoms with Crippen molar-refractivity contribution >= 4 is 11.8 Å². The summed E-state index contributed by atoms with van der Waals surface area (Å²) in [5, 5.41) is 8.86. The quantitative estimate of drug-likeness (QED) is 0.760. The van der Waals surface area contributed by atoms with Crippen molar-refractivity contribution in [1.29, 1.82) is 0 Å². The van der Waals surface area contributed by atoms with E-state index < -0.39 is 0 Å². The van der Waals surface area contributed by atoms with Crippen LogP contribution in [0.2, 0.25) is 0 Å². The summed E-state index contributed by atoms with van der Waals surface area (Å²) >= 11 is 1.76. The number of rotatable bonds is 5. The number of aliphatic hydroxyl groups excluding tert-OH is 1. The van der Waals surface area contributed by atoms with E-state index in [1.54, 1.807) is 18.9 Å². The first kappa shape index (κ1) is 11.4. The molecule has 0 fully saturated rings. The van der Waals surface area contributed by atoms with Gasteiger partial charge in [0.05, 0.1) is 7.11 Å². The molecule has 3 heteroatoms. The van der Waals surface area contributed by atoms with Crippen LogP contribution < -0.4 is 4.74 Å². The first-order valence-corrected chi connectivity index (χ1v) is 5.62. The largest absolute Gasteiger partial charge is 0.497 e. The Bertz CT molecular complexity index is 258. The predicted octanol–water partition coefficient (Wildman–Crippen LogP) is 2.42. The van der Waals surface area contributed by atoms with Crippen molar-refractivity contribution in [2.24, 2.45) is 5.92 Å². The van der Waals surface area contributed by atoms with E-state index in [2.05, 4.69) is 0 Å². The standard InChI is InChI=1S/C11H16O2S/c1-9(7-12)8-14-11-5-3-10(13-2)4-6-11/h3-6,9,12H,7-8H2,1-2H3/t9-/m1/s1. The van der Waals surface area contributed by atoms with Gasteiger partial charge in [0.2, 0.25) is 0 Å². The van der Waals surface area contributed by atoms with Crippen LogP contribution in [-0.4, -0.2) is 24.6 Å². The summed E-state index contributed by atoms with van der Waals surface area (Å²) in [4.78, 5) is 1.21. The van der Waals surface area contributed by atoms with Crippen molar-refractivity contribution in [1.82, 2.24) is 0 Å². The molecule has 0 spiro atoms. The molecule has 0 aromatic heterocycles. The summed E-state index contributed by atoms with van der Waals surface area (Å²) in [6, 6.07) is 7.97. The van der Waals surface area contributed by atoms with Gasteiger partial charge in [0.1, 0.15) is 5.75 Å². The first-order valence-electron chi connectivity index (χ1n) is 4.64. The zero-order valence-electron chi connectivity index (χ0n) is 8.56. The Kier molecular flexibility index (Phi) is 4.84. The molecule has 0 amide bonds. The molecule has 2 nitrogen and oxygen atoms in total. The van der Waals surface area contributed by atoms with Crippen LogP contribution in [0, 0.1) is 5.92 Å². The SMILES string of the molecule is COc1ccc(SC[C@H](C)CO)cc1. The Morgan fingerprint density at radius 1 is 1.36 bits per heavy atom. The highest BCUT2D eigenvalue weighted by atomic mass is 32.2. The van der Waals surface area contributed by atoms with Crippen molar-refractivity contribution in [3.05, 3.63) is 24.3 Å². The molecule has 0 heterocycles. The van der Waals surface area contributed by atoms with Gasteiger partial charge in [-0.25, -0.2) is 0 Å². The Hall–Kier alpha value is -0.670. The monoisotopic (exact) mass is 212 g/mol. The molecule has 1 rings (SSSR count). The second-order valence-corrected chi connectivity index (χ2v) is 4.37. The maximum Gasteiger partial charge on any atom is 0.118 e. The van der Waals surface area contributed by atoms with Gasteiger partial charge >= 0.3 is 0 Å². The molecular formula is C11H16O2S. The summed E-state index contributed by atoms with van der Waals surface area (Å²) in [5.41, 5.74) is 0. The van der Waals surface area contributed by atoms with Crippen LogP contribution in [0.15, 0.2) is 29.2 Å². The van der Waals surface area contributed by atoms with Crippen molar-refractivity contribution in [3.8, 4) is 5.75 Å². The fourth-order valence-corrected chi connectivity index (χ4v) is 1.87. The molecule has 1 N–H and O–H groups in total. The lowest BCUT2D eigenvalue weighted by atomic mass is 10.2. The Balaban J connectivity index is 2.43. The number of benzene rings is 1. The van der Waals surface area contributed by atoms with Gasteiger partial charge in [0.15, 0.2) is 0 Å². The van der Waals surface area contributed by atoms with Gasteiger partial charge in [-0.05, 0) is 30.2 Å². The van der Waals surface area contributed by atoms with Gasteiger partial charge in [0.25, 0.3) is 0 Å². The molecule has 0 aliphatic carbocycles. The van der Waals surface area contributed by atoms with E-state index in [0.29, 0.717) is 5.92 Å². The summed E-state index contributed by atoms with van der Waals surface area (Å²) in [7, 11) is 1.66. The van der Waals surface area contributed by atoms with Crippen LogP contribution in [0.25, 0.3) is 0 Å². The predicted molar refractivity (Wildman–Crippen MR) is 60.0 cm³/mol. The maximum absolute atomic E-state index is 8.86. The van der Waals surface area contributed by atoms with Gasteiger partial charge in [-0.3, -0.25) is 0 Å². The van der Waals surface area contributed by atoms with Gasteiger partial charge < -0.3 is 9.84 Å². The molecule has 78 valence electrons. The normalized spacial score (nSPS) is 12.5. The van der Waals surface area contributed by atoms with Crippen LogP contribution in [0.5, 0.6) is 5.75 Å². The molecule has 0 radical (unpaired) electrons. The highest BCUT2D eigenvalue weighted by Crippen LogP contribution is 2.22. The Morgan fingerprint density at radius 3 is 2.50 bits per heavy atom. The number of thioether (sulfide) groups is 1. The summed E-state index contributed by atoms with van der Waals surface area (Å²) in [5.74, 6) is 2.18. The Labute approximate surface area is 89.3 Å². The van der Waals surface area contributed by atoms with Crippen molar-refractivity contribution < 1.29 is 9.84 Å². The lowest BCUT2D eigenvalue weighted by Crippen LogP contribution is -2.02. The van der Waals surface area contributed by atoms with Crippen LogP contribution in [0.1, 0.15) is 6.92 Å². The van der Waals surface area contributed by atoms with E-state index in [1.165, 1.54) is 4.90 Å². The van der Waals surface area contributed by atoms with Gasteiger partial charge in [0, 0.05) is 17.3 Å². The minimum Gasteiger partial charge on any atom is -0.497 e. The first-order chi connectivity index (χ1) is 6.76. The highest BCUT2D eigenvalue weighted by Gasteiger charge is 2.01. The lowest BCUT2D eigenvalue weighted by Gasteiger charge is -2.07. The minimum atomic E-state index is 0.253. The summed E-state index contributed by atoms with van der Waals surface area (Å²) in [6.07, 6.45) is 0. The van der Waals surface area contributed by atoms with Crippen LogP contribution in [0.3, 0.4) is 0 Å². The highest BCUT2D eigenvalue weighted by molar-refractivity contribution is 7.99. The van der Waals surface area contributed by atoms with Crippen LogP contribution in [0.4, 0.5) is 0 Å². The number of hydrogen-bond acceptors (Lipinski definition) is 3. The van der Waals surface area contributed by atoms with Crippen molar-refractivity contribution in [2.45, 2.75) is 11.8 Å². The molecule has 1 aromatic carbocycles. The van der Waals surface area contributed by atoms with E-state index >= 15 is 0 Å². The third-order valence-electron chi connectivity index (χ3n) is 1.91. The minimum absolute atomic E-state index is 0.253. The van der Waals surface area contributed by atoms with Gasteiger partial charge in [-0.15, -0.1) is 11.8 Å². The summed E-state index contributed by atoms with van der Waals surface area (Å²) < 4.78 is 5.07. The zero-order valence-corrected chi connectivity index (χ0v) is 9.38. The van der Waals surface area contributed by atoms with Gasteiger partial charge in [-0.2, -0.15) is 0 Å². The Morgan fingerprint density at radius 2 is 2.00 bits per heavy atom. The van der Waals surface area contributed by atoms with E-state index in [1.807, 2.05) is 31.2 Å².